The molecule has 0 bridgehead atoms. The van der Waals surface area contributed by atoms with Crippen LogP contribution in [0.25, 0.3) is 11.5 Å². The van der Waals surface area contributed by atoms with Crippen LogP contribution < -0.4 is 5.73 Å². The molecule has 86 valence electrons. The molecular formula is C10H14N4OS. The first kappa shape index (κ1) is 11.2. The van der Waals surface area contributed by atoms with Gasteiger partial charge in [0.15, 0.2) is 0 Å². The number of rotatable bonds is 5. The van der Waals surface area contributed by atoms with Crippen molar-refractivity contribution in [2.45, 2.75) is 19.8 Å². The quantitative estimate of drug-likeness (QED) is 0.858. The van der Waals surface area contributed by atoms with E-state index >= 15 is 0 Å². The number of hydrogen-bond donors (Lipinski definition) is 1. The van der Waals surface area contributed by atoms with Crippen LogP contribution >= 0.6 is 11.3 Å². The molecule has 0 fully saturated rings. The SMILES string of the molecule is CC(CN)CCc1nc(-c2cscn2)no1. The van der Waals surface area contributed by atoms with Gasteiger partial charge in [0, 0.05) is 11.8 Å². The molecule has 0 aliphatic rings. The molecule has 0 saturated heterocycles. The molecule has 1 atom stereocenters. The molecule has 0 radical (unpaired) electrons. The molecule has 0 amide bonds. The molecule has 0 saturated carbocycles. The minimum absolute atomic E-state index is 0.481. The van der Waals surface area contributed by atoms with E-state index in [9.17, 15) is 0 Å². The fraction of sp³-hybridized carbons (Fsp3) is 0.500. The molecular weight excluding hydrogens is 224 g/mol. The minimum atomic E-state index is 0.481. The summed E-state index contributed by atoms with van der Waals surface area (Å²) in [5, 5.41) is 5.79. The smallest absolute Gasteiger partial charge is 0.227 e. The average molecular weight is 238 g/mol. The van der Waals surface area contributed by atoms with Crippen LogP contribution in [-0.2, 0) is 6.42 Å². The lowest BCUT2D eigenvalue weighted by Gasteiger charge is -2.03. The summed E-state index contributed by atoms with van der Waals surface area (Å²) in [6.45, 7) is 2.80. The summed E-state index contributed by atoms with van der Waals surface area (Å²) in [5.41, 5.74) is 8.07. The van der Waals surface area contributed by atoms with Crippen molar-refractivity contribution in [2.24, 2.45) is 11.7 Å². The number of thiazole rings is 1. The van der Waals surface area contributed by atoms with Crippen molar-refractivity contribution in [3.05, 3.63) is 16.8 Å². The summed E-state index contributed by atoms with van der Waals surface area (Å²) in [7, 11) is 0. The minimum Gasteiger partial charge on any atom is -0.339 e. The van der Waals surface area contributed by atoms with Gasteiger partial charge >= 0.3 is 0 Å². The van der Waals surface area contributed by atoms with Crippen LogP contribution in [0.4, 0.5) is 0 Å². The molecule has 1 unspecified atom stereocenters. The number of hydrogen-bond acceptors (Lipinski definition) is 6. The van der Waals surface area contributed by atoms with Crippen LogP contribution in [0.1, 0.15) is 19.2 Å². The number of aromatic nitrogens is 3. The first-order valence-electron chi connectivity index (χ1n) is 5.21. The summed E-state index contributed by atoms with van der Waals surface area (Å²) in [6, 6.07) is 0. The molecule has 5 nitrogen and oxygen atoms in total. The Bertz CT molecular complexity index is 426. The Morgan fingerprint density at radius 3 is 3.12 bits per heavy atom. The molecule has 16 heavy (non-hydrogen) atoms. The van der Waals surface area contributed by atoms with Crippen molar-refractivity contribution in [3.8, 4) is 11.5 Å². The summed E-state index contributed by atoms with van der Waals surface area (Å²) < 4.78 is 5.15. The maximum atomic E-state index is 5.54. The Labute approximate surface area is 97.7 Å². The van der Waals surface area contributed by atoms with E-state index in [1.807, 2.05) is 5.38 Å². The Kier molecular flexibility index (Phi) is 3.63. The highest BCUT2D eigenvalue weighted by molar-refractivity contribution is 7.07. The van der Waals surface area contributed by atoms with Gasteiger partial charge in [-0.2, -0.15) is 4.98 Å². The third-order valence-electron chi connectivity index (χ3n) is 2.38. The third-order valence-corrected chi connectivity index (χ3v) is 2.97. The van der Waals surface area contributed by atoms with Gasteiger partial charge in [-0.15, -0.1) is 11.3 Å². The molecule has 6 heteroatoms. The highest BCUT2D eigenvalue weighted by atomic mass is 32.1. The van der Waals surface area contributed by atoms with Gasteiger partial charge in [-0.3, -0.25) is 0 Å². The zero-order valence-corrected chi connectivity index (χ0v) is 9.91. The molecule has 2 rings (SSSR count). The lowest BCUT2D eigenvalue weighted by molar-refractivity contribution is 0.366. The highest BCUT2D eigenvalue weighted by Crippen LogP contribution is 2.16. The summed E-state index contributed by atoms with van der Waals surface area (Å²) >= 11 is 1.52. The van der Waals surface area contributed by atoms with Gasteiger partial charge < -0.3 is 10.3 Å². The van der Waals surface area contributed by atoms with Crippen molar-refractivity contribution >= 4 is 11.3 Å². The molecule has 2 aromatic rings. The maximum absolute atomic E-state index is 5.54. The zero-order chi connectivity index (χ0) is 11.4. The van der Waals surface area contributed by atoms with Gasteiger partial charge in [-0.25, -0.2) is 4.98 Å². The van der Waals surface area contributed by atoms with Crippen molar-refractivity contribution in [3.63, 3.8) is 0 Å². The van der Waals surface area contributed by atoms with Gasteiger partial charge in [-0.1, -0.05) is 12.1 Å². The van der Waals surface area contributed by atoms with E-state index in [0.29, 0.717) is 24.2 Å². The van der Waals surface area contributed by atoms with Gasteiger partial charge in [0.25, 0.3) is 0 Å². The van der Waals surface area contributed by atoms with E-state index < -0.39 is 0 Å². The monoisotopic (exact) mass is 238 g/mol. The predicted octanol–water partition coefficient (Wildman–Crippen LogP) is 1.72. The summed E-state index contributed by atoms with van der Waals surface area (Å²) in [4.78, 5) is 8.41. The average Bonchev–Trinajstić information content (AvgIpc) is 2.95. The number of aryl methyl sites for hydroxylation is 1. The van der Waals surface area contributed by atoms with E-state index in [4.69, 9.17) is 10.3 Å². The summed E-state index contributed by atoms with van der Waals surface area (Å²) in [6.07, 6.45) is 1.74. The van der Waals surface area contributed by atoms with E-state index in [1.165, 1.54) is 11.3 Å². The van der Waals surface area contributed by atoms with Crippen molar-refractivity contribution < 1.29 is 4.52 Å². The van der Waals surface area contributed by atoms with Crippen molar-refractivity contribution in [2.75, 3.05) is 6.54 Å². The van der Waals surface area contributed by atoms with Crippen LogP contribution in [0, 0.1) is 5.92 Å². The Morgan fingerprint density at radius 2 is 2.44 bits per heavy atom. The Balaban J connectivity index is 1.98. The van der Waals surface area contributed by atoms with Crippen LogP contribution in [-0.4, -0.2) is 21.7 Å². The van der Waals surface area contributed by atoms with Crippen LogP contribution in [0.2, 0.25) is 0 Å². The molecule has 0 aromatic carbocycles. The fourth-order valence-electron chi connectivity index (χ4n) is 1.27. The molecule has 0 aliphatic heterocycles. The third kappa shape index (κ3) is 2.65. The van der Waals surface area contributed by atoms with Gasteiger partial charge in [0.05, 0.1) is 5.51 Å². The molecule has 2 aromatic heterocycles. The molecule has 0 spiro atoms. The molecule has 2 N–H and O–H groups in total. The second kappa shape index (κ2) is 5.18. The first-order valence-corrected chi connectivity index (χ1v) is 6.15. The van der Waals surface area contributed by atoms with E-state index in [-0.39, 0.29) is 0 Å². The Hall–Kier alpha value is -1.27. The molecule has 2 heterocycles. The van der Waals surface area contributed by atoms with Crippen molar-refractivity contribution in [1.82, 2.24) is 15.1 Å². The first-order chi connectivity index (χ1) is 7.79. The predicted molar refractivity (Wildman–Crippen MR) is 61.9 cm³/mol. The van der Waals surface area contributed by atoms with Crippen LogP contribution in [0.3, 0.4) is 0 Å². The van der Waals surface area contributed by atoms with Crippen LogP contribution in [0.15, 0.2) is 15.4 Å². The fourth-order valence-corrected chi connectivity index (χ4v) is 1.80. The number of nitrogens with zero attached hydrogens (tertiary/aromatic N) is 3. The lowest BCUT2D eigenvalue weighted by atomic mass is 10.1. The largest absolute Gasteiger partial charge is 0.339 e. The van der Waals surface area contributed by atoms with Crippen LogP contribution in [0.5, 0.6) is 0 Å². The van der Waals surface area contributed by atoms with E-state index in [2.05, 4.69) is 22.0 Å². The normalized spacial score (nSPS) is 12.9. The zero-order valence-electron chi connectivity index (χ0n) is 9.09. The topological polar surface area (TPSA) is 77.8 Å². The van der Waals surface area contributed by atoms with E-state index in [0.717, 1.165) is 18.5 Å². The number of nitrogens with two attached hydrogens (primary N) is 1. The van der Waals surface area contributed by atoms with E-state index in [1.54, 1.807) is 5.51 Å². The van der Waals surface area contributed by atoms with Gasteiger partial charge in [0.1, 0.15) is 5.69 Å². The van der Waals surface area contributed by atoms with Gasteiger partial charge in [-0.05, 0) is 18.9 Å². The Morgan fingerprint density at radius 1 is 1.56 bits per heavy atom. The maximum Gasteiger partial charge on any atom is 0.227 e. The summed E-state index contributed by atoms with van der Waals surface area (Å²) in [5.74, 6) is 1.70. The molecule has 0 aliphatic carbocycles. The highest BCUT2D eigenvalue weighted by Gasteiger charge is 2.10. The van der Waals surface area contributed by atoms with Crippen molar-refractivity contribution in [1.29, 1.82) is 0 Å². The standard InChI is InChI=1S/C10H14N4OS/c1-7(4-11)2-3-9-13-10(14-15-9)8-5-16-6-12-8/h5-7H,2-4,11H2,1H3. The second-order valence-electron chi connectivity index (χ2n) is 3.76. The van der Waals surface area contributed by atoms with Gasteiger partial charge in [0.2, 0.25) is 11.7 Å². The lowest BCUT2D eigenvalue weighted by Crippen LogP contribution is -2.11. The second-order valence-corrected chi connectivity index (χ2v) is 4.48.